The van der Waals surface area contributed by atoms with Crippen molar-refractivity contribution >= 4 is 22.4 Å². The Morgan fingerprint density at radius 3 is 2.00 bits per heavy atom. The molecule has 1 aromatic heterocycles. The Morgan fingerprint density at radius 2 is 1.20 bits per heavy atom. The van der Waals surface area contributed by atoms with Crippen LogP contribution in [0.2, 0.25) is 5.28 Å². The van der Waals surface area contributed by atoms with Gasteiger partial charge >= 0.3 is 0 Å². The quantitative estimate of drug-likeness (QED) is 0.257. The van der Waals surface area contributed by atoms with Gasteiger partial charge in [-0.25, -0.2) is 4.98 Å². The summed E-state index contributed by atoms with van der Waals surface area (Å²) < 4.78 is 40.6. The maximum atomic E-state index is 8.33. The van der Waals surface area contributed by atoms with E-state index in [0.29, 0.717) is 5.56 Å². The fraction of sp³-hybridized carbons (Fsp3) is 0. The molecule has 4 heteroatoms. The Bertz CT molecular complexity index is 1900. The van der Waals surface area contributed by atoms with Gasteiger partial charge in [-0.05, 0) is 56.8 Å². The Kier molecular flexibility index (Phi) is 4.26. The van der Waals surface area contributed by atoms with Gasteiger partial charge in [0.15, 0.2) is 11.6 Å². The van der Waals surface area contributed by atoms with Crippen molar-refractivity contribution in [3.05, 3.63) is 126 Å². The van der Waals surface area contributed by atoms with Crippen molar-refractivity contribution in [3.63, 3.8) is 0 Å². The van der Waals surface area contributed by atoms with Crippen LogP contribution in [0.4, 0.5) is 0 Å². The highest BCUT2D eigenvalue weighted by atomic mass is 35.5. The molecule has 1 heterocycles. The molecule has 0 bridgehead atoms. The van der Waals surface area contributed by atoms with E-state index in [1.807, 2.05) is 60.7 Å². The van der Waals surface area contributed by atoms with Crippen LogP contribution >= 0.6 is 11.6 Å². The number of nitrogens with zero attached hydrogens (tertiary/aromatic N) is 3. The fourth-order valence-corrected chi connectivity index (χ4v) is 4.26. The summed E-state index contributed by atoms with van der Waals surface area (Å²) in [6.45, 7) is 0. The second-order valence-corrected chi connectivity index (χ2v) is 8.28. The topological polar surface area (TPSA) is 38.7 Å². The first-order chi connectivity index (χ1) is 19.3. The van der Waals surface area contributed by atoms with Gasteiger partial charge in [-0.2, -0.15) is 9.97 Å². The number of fused-ring (bicyclic) bond motifs is 1. The maximum Gasteiger partial charge on any atom is 0.226 e. The molecule has 0 aliphatic heterocycles. The molecule has 35 heavy (non-hydrogen) atoms. The van der Waals surface area contributed by atoms with Gasteiger partial charge in [0.25, 0.3) is 0 Å². The lowest BCUT2D eigenvalue weighted by Gasteiger charge is -2.14. The molecule has 0 aliphatic carbocycles. The van der Waals surface area contributed by atoms with E-state index in [2.05, 4.69) is 45.3 Å². The summed E-state index contributed by atoms with van der Waals surface area (Å²) in [6.07, 6.45) is 0. The van der Waals surface area contributed by atoms with Gasteiger partial charge in [0.1, 0.15) is 0 Å². The van der Waals surface area contributed by atoms with E-state index in [4.69, 9.17) is 18.5 Å². The van der Waals surface area contributed by atoms with E-state index in [1.54, 1.807) is 0 Å². The minimum Gasteiger partial charge on any atom is -0.208 e. The molecule has 0 amide bonds. The van der Waals surface area contributed by atoms with Crippen LogP contribution in [0.1, 0.15) is 6.85 Å². The molecule has 0 unspecified atom stereocenters. The summed E-state index contributed by atoms with van der Waals surface area (Å²) >= 11 is 6.29. The van der Waals surface area contributed by atoms with E-state index in [-0.39, 0.29) is 22.5 Å². The molecule has 5 aromatic carbocycles. The van der Waals surface area contributed by atoms with E-state index in [1.165, 1.54) is 0 Å². The average molecular weight is 475 g/mol. The molecule has 0 atom stereocenters. The third kappa shape index (κ3) is 4.30. The number of hydrogen-bond donors (Lipinski definition) is 0. The number of halogens is 1. The molecule has 0 fully saturated rings. The number of rotatable bonds is 4. The van der Waals surface area contributed by atoms with Crippen molar-refractivity contribution in [1.82, 2.24) is 15.0 Å². The third-order valence-corrected chi connectivity index (χ3v) is 5.92. The third-order valence-electron chi connectivity index (χ3n) is 5.75. The van der Waals surface area contributed by atoms with Gasteiger partial charge in [-0.1, -0.05) is 109 Å². The molecule has 0 spiro atoms. The maximum absolute atomic E-state index is 8.33. The molecule has 166 valence electrons. The fourth-order valence-electron chi connectivity index (χ4n) is 4.10. The summed E-state index contributed by atoms with van der Waals surface area (Å²) in [5.74, 6) is 0.135. The first kappa shape index (κ1) is 16.3. The van der Waals surface area contributed by atoms with Crippen LogP contribution in [0.25, 0.3) is 55.8 Å². The SMILES string of the molecule is [2H]c1c([2H])c([2H])c(-c2nc(Cl)nc(-c3ccc(-c4ccc5ccccc5c4)c(-c4ccccc4)c3)n2)c([2H])c1[2H]. The normalized spacial score (nSPS) is 13.0. The largest absolute Gasteiger partial charge is 0.226 e. The Hall–Kier alpha value is -4.34. The highest BCUT2D eigenvalue weighted by Crippen LogP contribution is 2.36. The molecular formula is C31H20ClN3. The van der Waals surface area contributed by atoms with E-state index in [9.17, 15) is 0 Å². The lowest BCUT2D eigenvalue weighted by molar-refractivity contribution is 1.07. The van der Waals surface area contributed by atoms with Crippen LogP contribution in [-0.2, 0) is 0 Å². The second-order valence-electron chi connectivity index (χ2n) is 7.94. The summed E-state index contributed by atoms with van der Waals surface area (Å²) in [4.78, 5) is 12.9. The van der Waals surface area contributed by atoms with Crippen molar-refractivity contribution in [3.8, 4) is 45.0 Å². The minimum atomic E-state index is -0.490. The van der Waals surface area contributed by atoms with Crippen molar-refractivity contribution in [2.24, 2.45) is 0 Å². The predicted molar refractivity (Wildman–Crippen MR) is 144 cm³/mol. The first-order valence-corrected chi connectivity index (χ1v) is 11.4. The van der Waals surface area contributed by atoms with Crippen LogP contribution in [-0.4, -0.2) is 15.0 Å². The van der Waals surface area contributed by atoms with Gasteiger partial charge < -0.3 is 0 Å². The number of hydrogen-bond acceptors (Lipinski definition) is 3. The molecule has 3 nitrogen and oxygen atoms in total. The van der Waals surface area contributed by atoms with Gasteiger partial charge in [0, 0.05) is 11.1 Å². The van der Waals surface area contributed by atoms with Crippen molar-refractivity contribution in [2.45, 2.75) is 0 Å². The van der Waals surface area contributed by atoms with E-state index >= 15 is 0 Å². The molecular weight excluding hydrogens is 450 g/mol. The lowest BCUT2D eigenvalue weighted by Crippen LogP contribution is -1.98. The molecule has 0 radical (unpaired) electrons. The molecule has 0 N–H and O–H groups in total. The standard InChI is InChI=1S/C31H20ClN3/c32-31-34-29(23-12-5-2-6-13-23)33-30(35-31)26-17-18-27(28(20-26)22-10-3-1-4-11-22)25-16-15-21-9-7-8-14-24(21)19-25/h1-20H/i2D,5D,6D,12D,13D. The Morgan fingerprint density at radius 1 is 0.514 bits per heavy atom. The van der Waals surface area contributed by atoms with Crippen LogP contribution in [0.3, 0.4) is 0 Å². The van der Waals surface area contributed by atoms with Crippen molar-refractivity contribution in [2.75, 3.05) is 0 Å². The molecule has 6 aromatic rings. The van der Waals surface area contributed by atoms with Crippen molar-refractivity contribution < 1.29 is 6.85 Å². The highest BCUT2D eigenvalue weighted by molar-refractivity contribution is 6.28. The van der Waals surface area contributed by atoms with Crippen LogP contribution in [0.15, 0.2) is 121 Å². The van der Waals surface area contributed by atoms with E-state index in [0.717, 1.165) is 33.0 Å². The van der Waals surface area contributed by atoms with Gasteiger partial charge in [-0.15, -0.1) is 0 Å². The molecule has 0 saturated heterocycles. The zero-order valence-electron chi connectivity index (χ0n) is 23.4. The summed E-state index contributed by atoms with van der Waals surface area (Å²) in [7, 11) is 0. The zero-order valence-corrected chi connectivity index (χ0v) is 19.1. The molecule has 6 rings (SSSR count). The zero-order chi connectivity index (χ0) is 28.0. The van der Waals surface area contributed by atoms with Crippen LogP contribution in [0, 0.1) is 0 Å². The van der Waals surface area contributed by atoms with Gasteiger partial charge in [0.05, 0.1) is 6.85 Å². The number of benzene rings is 5. The monoisotopic (exact) mass is 474 g/mol. The smallest absolute Gasteiger partial charge is 0.208 e. The van der Waals surface area contributed by atoms with Crippen LogP contribution < -0.4 is 0 Å². The van der Waals surface area contributed by atoms with Gasteiger partial charge in [-0.3, -0.25) is 0 Å². The highest BCUT2D eigenvalue weighted by Gasteiger charge is 2.14. The van der Waals surface area contributed by atoms with Crippen molar-refractivity contribution in [1.29, 1.82) is 0 Å². The van der Waals surface area contributed by atoms with Gasteiger partial charge in [0.2, 0.25) is 5.28 Å². The van der Waals surface area contributed by atoms with Crippen LogP contribution in [0.5, 0.6) is 0 Å². The lowest BCUT2D eigenvalue weighted by atomic mass is 9.91. The minimum absolute atomic E-state index is 0.0909. The summed E-state index contributed by atoms with van der Waals surface area (Å²) in [5, 5.41) is 2.14. The summed E-state index contributed by atoms with van der Waals surface area (Å²) in [5.41, 5.74) is 4.53. The molecule has 0 aliphatic rings. The Labute approximate surface area is 215 Å². The second kappa shape index (κ2) is 9.13. The average Bonchev–Trinajstić information content (AvgIpc) is 2.99. The Balaban J connectivity index is 1.54. The summed E-state index contributed by atoms with van der Waals surface area (Å²) in [6, 6.07) is 28.1. The first-order valence-electron chi connectivity index (χ1n) is 13.5. The van der Waals surface area contributed by atoms with E-state index < -0.39 is 30.2 Å². The molecule has 0 saturated carbocycles. The number of aromatic nitrogens is 3. The predicted octanol–water partition coefficient (Wildman–Crippen LogP) is 8.35.